The summed E-state index contributed by atoms with van der Waals surface area (Å²) < 4.78 is 36.0. The molecule has 0 aromatic carbocycles. The predicted molar refractivity (Wildman–Crippen MR) is 82.6 cm³/mol. The van der Waals surface area contributed by atoms with Gasteiger partial charge in [-0.25, -0.2) is 4.52 Å². The van der Waals surface area contributed by atoms with E-state index in [9.17, 15) is 8.42 Å². The van der Waals surface area contributed by atoms with Crippen molar-refractivity contribution in [2.45, 2.75) is 25.4 Å². The van der Waals surface area contributed by atoms with Crippen molar-refractivity contribution in [3.05, 3.63) is 36.2 Å². The van der Waals surface area contributed by atoms with E-state index in [-0.39, 0.29) is 12.6 Å². The van der Waals surface area contributed by atoms with E-state index in [0.29, 0.717) is 13.2 Å². The van der Waals surface area contributed by atoms with Gasteiger partial charge in [0.15, 0.2) is 0 Å². The Balaban J connectivity index is 1.73. The summed E-state index contributed by atoms with van der Waals surface area (Å²) in [5.41, 5.74) is 1.80. The molecule has 1 saturated heterocycles. The Bertz CT molecular complexity index is 743. The first-order chi connectivity index (χ1) is 10.6. The predicted octanol–water partition coefficient (Wildman–Crippen LogP) is 0.780. The van der Waals surface area contributed by atoms with Crippen molar-refractivity contribution >= 4 is 15.7 Å². The molecule has 1 unspecified atom stereocenters. The van der Waals surface area contributed by atoms with Gasteiger partial charge < -0.3 is 4.74 Å². The van der Waals surface area contributed by atoms with Gasteiger partial charge in [0, 0.05) is 38.6 Å². The van der Waals surface area contributed by atoms with E-state index in [0.717, 1.165) is 23.9 Å². The van der Waals surface area contributed by atoms with E-state index >= 15 is 0 Å². The number of aromatic nitrogens is 2. The van der Waals surface area contributed by atoms with Gasteiger partial charge in [0.05, 0.1) is 12.1 Å². The van der Waals surface area contributed by atoms with Crippen molar-refractivity contribution in [3.63, 3.8) is 0 Å². The first-order valence-corrected chi connectivity index (χ1v) is 8.72. The molecule has 8 heteroatoms. The van der Waals surface area contributed by atoms with Crippen LogP contribution in [0.5, 0.6) is 0 Å². The van der Waals surface area contributed by atoms with Crippen LogP contribution >= 0.6 is 0 Å². The molecule has 1 atom stereocenters. The molecule has 22 heavy (non-hydrogen) atoms. The Hall–Kier alpha value is -1.48. The third-order valence-corrected chi connectivity index (χ3v) is 5.57. The van der Waals surface area contributed by atoms with E-state index in [4.69, 9.17) is 4.74 Å². The molecule has 1 N–H and O–H groups in total. The fourth-order valence-electron chi connectivity index (χ4n) is 2.90. The Morgan fingerprint density at radius 2 is 2.32 bits per heavy atom. The molecule has 3 heterocycles. The monoisotopic (exact) mass is 324 g/mol. The summed E-state index contributed by atoms with van der Waals surface area (Å²) in [6.07, 6.45) is 5.24. The summed E-state index contributed by atoms with van der Waals surface area (Å²) in [7, 11) is -1.91. The van der Waals surface area contributed by atoms with E-state index in [1.807, 2.05) is 24.4 Å². The number of hydrogen-bond acceptors (Lipinski definition) is 4. The molecule has 2 aromatic rings. The summed E-state index contributed by atoms with van der Waals surface area (Å²) in [4.78, 5) is 0. The zero-order valence-corrected chi connectivity index (χ0v) is 13.3. The molecule has 1 aliphatic rings. The zero-order valence-electron chi connectivity index (χ0n) is 12.5. The van der Waals surface area contributed by atoms with Crippen molar-refractivity contribution in [3.8, 4) is 0 Å². The molecule has 120 valence electrons. The van der Waals surface area contributed by atoms with E-state index < -0.39 is 10.2 Å². The fourth-order valence-corrected chi connectivity index (χ4v) is 4.33. The molecule has 0 aliphatic carbocycles. The number of ether oxygens (including phenoxy) is 1. The van der Waals surface area contributed by atoms with Gasteiger partial charge in [-0.15, -0.1) is 0 Å². The molecular weight excluding hydrogens is 304 g/mol. The minimum Gasteiger partial charge on any atom is -0.383 e. The lowest BCUT2D eigenvalue weighted by molar-refractivity contribution is 0.148. The second kappa shape index (κ2) is 6.33. The smallest absolute Gasteiger partial charge is 0.280 e. The van der Waals surface area contributed by atoms with Crippen LogP contribution in [0.25, 0.3) is 5.52 Å². The highest BCUT2D eigenvalue weighted by Gasteiger charge is 2.33. The van der Waals surface area contributed by atoms with Crippen LogP contribution in [0.4, 0.5) is 0 Å². The van der Waals surface area contributed by atoms with Crippen molar-refractivity contribution < 1.29 is 13.2 Å². The standard InChI is InChI=1S/C14H20N4O3S/c1-21-11-13-5-3-9-18(13)22(19,20)16-10-12-4-2-8-17-14(12)6-7-15-17/h2,4,6-8,13,16H,3,5,9-11H2,1H3. The molecule has 0 spiro atoms. The Kier molecular flexibility index (Phi) is 4.44. The molecule has 0 saturated carbocycles. The van der Waals surface area contributed by atoms with Crippen molar-refractivity contribution in [1.82, 2.24) is 18.6 Å². The molecule has 0 radical (unpaired) electrons. The summed E-state index contributed by atoms with van der Waals surface area (Å²) in [6, 6.07) is 5.55. The minimum absolute atomic E-state index is 0.0757. The highest BCUT2D eigenvalue weighted by Crippen LogP contribution is 2.21. The van der Waals surface area contributed by atoms with Gasteiger partial charge in [-0.05, 0) is 30.5 Å². The number of rotatable bonds is 6. The molecule has 7 nitrogen and oxygen atoms in total. The average Bonchev–Trinajstić information content (AvgIpc) is 3.14. The quantitative estimate of drug-likeness (QED) is 0.852. The first kappa shape index (κ1) is 15.4. The maximum Gasteiger partial charge on any atom is 0.280 e. The second-order valence-corrected chi connectivity index (χ2v) is 7.09. The second-order valence-electron chi connectivity index (χ2n) is 5.38. The molecule has 1 fully saturated rings. The van der Waals surface area contributed by atoms with Gasteiger partial charge in [-0.1, -0.05) is 6.07 Å². The van der Waals surface area contributed by atoms with Gasteiger partial charge in [0.25, 0.3) is 10.2 Å². The number of hydrogen-bond donors (Lipinski definition) is 1. The van der Waals surface area contributed by atoms with Crippen LogP contribution < -0.4 is 4.72 Å². The minimum atomic E-state index is -3.51. The average molecular weight is 324 g/mol. The highest BCUT2D eigenvalue weighted by molar-refractivity contribution is 7.87. The van der Waals surface area contributed by atoms with Gasteiger partial charge in [0.2, 0.25) is 0 Å². The van der Waals surface area contributed by atoms with Crippen LogP contribution in [0, 0.1) is 0 Å². The normalized spacial score (nSPS) is 20.0. The molecule has 1 aliphatic heterocycles. The molecule has 3 rings (SSSR count). The summed E-state index contributed by atoms with van der Waals surface area (Å²) in [5.74, 6) is 0. The topological polar surface area (TPSA) is 75.9 Å². The molecule has 2 aromatic heterocycles. The molecule has 0 bridgehead atoms. The van der Waals surface area contributed by atoms with Crippen LogP contribution in [-0.2, 0) is 21.5 Å². The SMILES string of the molecule is COCC1CCCN1S(=O)(=O)NCc1cccn2nccc12. The van der Waals surface area contributed by atoms with Gasteiger partial charge >= 0.3 is 0 Å². The first-order valence-electron chi connectivity index (χ1n) is 7.28. The van der Waals surface area contributed by atoms with Gasteiger partial charge in [-0.3, -0.25) is 0 Å². The third-order valence-electron chi connectivity index (χ3n) is 3.96. The van der Waals surface area contributed by atoms with E-state index in [2.05, 4.69) is 9.82 Å². The van der Waals surface area contributed by atoms with Crippen LogP contribution in [0.2, 0.25) is 0 Å². The largest absolute Gasteiger partial charge is 0.383 e. The van der Waals surface area contributed by atoms with Crippen LogP contribution in [0.3, 0.4) is 0 Å². The Morgan fingerprint density at radius 1 is 1.45 bits per heavy atom. The van der Waals surface area contributed by atoms with Crippen LogP contribution in [0.1, 0.15) is 18.4 Å². The van der Waals surface area contributed by atoms with Crippen LogP contribution in [0.15, 0.2) is 30.6 Å². The van der Waals surface area contributed by atoms with E-state index in [1.165, 1.54) is 4.31 Å². The molecule has 0 amide bonds. The van der Waals surface area contributed by atoms with Crippen molar-refractivity contribution in [2.75, 3.05) is 20.3 Å². The lowest BCUT2D eigenvalue weighted by Crippen LogP contribution is -2.44. The number of methoxy groups -OCH3 is 1. The fraction of sp³-hybridized carbons (Fsp3) is 0.500. The van der Waals surface area contributed by atoms with Crippen LogP contribution in [-0.4, -0.2) is 48.6 Å². The van der Waals surface area contributed by atoms with Gasteiger partial charge in [0.1, 0.15) is 0 Å². The highest BCUT2D eigenvalue weighted by atomic mass is 32.2. The van der Waals surface area contributed by atoms with E-state index in [1.54, 1.807) is 17.8 Å². The number of fused-ring (bicyclic) bond motifs is 1. The zero-order chi connectivity index (χ0) is 15.6. The number of nitrogens with one attached hydrogen (secondary N) is 1. The molecular formula is C14H20N4O3S. The number of pyridine rings is 1. The number of nitrogens with zero attached hydrogens (tertiary/aromatic N) is 3. The van der Waals surface area contributed by atoms with Gasteiger partial charge in [-0.2, -0.15) is 22.5 Å². The summed E-state index contributed by atoms with van der Waals surface area (Å²) in [5, 5.41) is 4.15. The lowest BCUT2D eigenvalue weighted by atomic mass is 10.2. The Labute approximate surface area is 130 Å². The Morgan fingerprint density at radius 3 is 3.14 bits per heavy atom. The van der Waals surface area contributed by atoms with Crippen molar-refractivity contribution in [2.24, 2.45) is 0 Å². The van der Waals surface area contributed by atoms with Crippen molar-refractivity contribution in [1.29, 1.82) is 0 Å². The maximum absolute atomic E-state index is 12.5. The lowest BCUT2D eigenvalue weighted by Gasteiger charge is -2.23. The summed E-state index contributed by atoms with van der Waals surface area (Å²) >= 11 is 0. The summed E-state index contributed by atoms with van der Waals surface area (Å²) in [6.45, 7) is 1.22. The third kappa shape index (κ3) is 3.00. The maximum atomic E-state index is 12.5.